The van der Waals surface area contributed by atoms with Crippen LogP contribution in [0.2, 0.25) is 0 Å². The highest BCUT2D eigenvalue weighted by molar-refractivity contribution is 7.85. The van der Waals surface area contributed by atoms with Crippen LogP contribution in [0.1, 0.15) is 19.8 Å². The van der Waals surface area contributed by atoms with Gasteiger partial charge in [0, 0.05) is 54.3 Å². The Morgan fingerprint density at radius 3 is 1.03 bits per heavy atom. The predicted octanol–water partition coefficient (Wildman–Crippen LogP) is 7.32. The number of quaternary nitrogens is 1. The number of unbranched alkanes of at least 4 members (excludes halogenated alkanes) is 1. The average molecular weight is 460 g/mol. The molecule has 0 saturated carbocycles. The minimum atomic E-state index is -3.94. The van der Waals surface area contributed by atoms with Gasteiger partial charge in [-0.3, -0.25) is 0 Å². The van der Waals surface area contributed by atoms with Crippen molar-refractivity contribution in [1.29, 1.82) is 0 Å². The molecule has 5 heteroatoms. The van der Waals surface area contributed by atoms with Crippen LogP contribution < -0.4 is 4.48 Å². The third-order valence-electron chi connectivity index (χ3n) is 5.32. The van der Waals surface area contributed by atoms with Gasteiger partial charge in [0.15, 0.2) is 0 Å². The molecule has 0 aliphatic carbocycles. The normalized spacial score (nSPS) is 11.3. The van der Waals surface area contributed by atoms with Crippen molar-refractivity contribution in [3.8, 4) is 0 Å². The lowest BCUT2D eigenvalue weighted by molar-refractivity contribution is 0.461. The lowest BCUT2D eigenvalue weighted by Crippen LogP contribution is -2.33. The van der Waals surface area contributed by atoms with E-state index in [1.165, 1.54) is 22.7 Å². The molecule has 0 bridgehead atoms. The Bertz CT molecular complexity index is 1030. The van der Waals surface area contributed by atoms with Gasteiger partial charge in [0.25, 0.3) is 0 Å². The van der Waals surface area contributed by atoms with Crippen LogP contribution in [0.5, 0.6) is 0 Å². The smallest absolute Gasteiger partial charge is 0.148 e. The maximum atomic E-state index is 9.83. The third-order valence-corrected chi connectivity index (χ3v) is 6.11. The topological polar surface area (TPSA) is 57.2 Å². The summed E-state index contributed by atoms with van der Waals surface area (Å²) in [6.45, 7) is 1.84. The average Bonchev–Trinajstić information content (AvgIpc) is 2.86. The third kappa shape index (κ3) is 6.17. The molecule has 0 aromatic heterocycles. The van der Waals surface area contributed by atoms with Crippen LogP contribution in [0, 0.1) is 0 Å². The van der Waals surface area contributed by atoms with Crippen LogP contribution in [0.25, 0.3) is 0 Å². The second-order valence-corrected chi connectivity index (χ2v) is 9.15. The summed E-state index contributed by atoms with van der Waals surface area (Å²) in [6.07, 6.45) is 1.23. The number of para-hydroxylation sites is 4. The summed E-state index contributed by atoms with van der Waals surface area (Å²) in [5, 5.41) is 0. The van der Waals surface area contributed by atoms with E-state index in [9.17, 15) is 13.0 Å². The van der Waals surface area contributed by atoms with Crippen molar-refractivity contribution in [2.24, 2.45) is 0 Å². The fraction of sp³-hybridized carbons (Fsp3) is 0.143. The second kappa shape index (κ2) is 11.6. The summed E-state index contributed by atoms with van der Waals surface area (Å²) in [7, 11) is -3.94. The van der Waals surface area contributed by atoms with Crippen molar-refractivity contribution < 1.29 is 13.0 Å². The summed E-state index contributed by atoms with van der Waals surface area (Å²) in [4.78, 5) is 0. The maximum absolute atomic E-state index is 9.83. The first-order valence-corrected chi connectivity index (χ1v) is 12.6. The maximum Gasteiger partial charge on any atom is 0.148 e. The first-order valence-electron chi connectivity index (χ1n) is 11.0. The Kier molecular flexibility index (Phi) is 8.55. The SMILES string of the molecule is CCCCS(=O)(=O)[O-].c1ccc([N+](c2ccccc2)(c2ccccc2)c2ccccc2)cc1. The first kappa shape index (κ1) is 24.4. The van der Waals surface area contributed by atoms with Gasteiger partial charge in [-0.1, -0.05) is 86.1 Å². The van der Waals surface area contributed by atoms with Gasteiger partial charge in [0.1, 0.15) is 22.7 Å². The van der Waals surface area contributed by atoms with E-state index in [0.717, 1.165) is 6.42 Å². The van der Waals surface area contributed by atoms with Crippen LogP contribution in [-0.4, -0.2) is 18.7 Å². The van der Waals surface area contributed by atoms with Crippen molar-refractivity contribution in [1.82, 2.24) is 4.48 Å². The van der Waals surface area contributed by atoms with Gasteiger partial charge in [-0.05, 0) is 6.42 Å². The van der Waals surface area contributed by atoms with E-state index in [2.05, 4.69) is 121 Å². The van der Waals surface area contributed by atoms with E-state index < -0.39 is 10.1 Å². The number of nitrogens with zero attached hydrogens (tertiary/aromatic N) is 1. The molecule has 0 amide bonds. The van der Waals surface area contributed by atoms with E-state index in [4.69, 9.17) is 0 Å². The largest absolute Gasteiger partial charge is 0.748 e. The molecule has 0 heterocycles. The van der Waals surface area contributed by atoms with Gasteiger partial charge in [-0.25, -0.2) is 8.42 Å². The summed E-state index contributed by atoms with van der Waals surface area (Å²) in [6, 6.07) is 42.8. The van der Waals surface area contributed by atoms with Gasteiger partial charge < -0.3 is 4.55 Å². The van der Waals surface area contributed by atoms with E-state index >= 15 is 0 Å². The molecule has 0 radical (unpaired) electrons. The molecule has 0 unspecified atom stereocenters. The molecule has 0 N–H and O–H groups in total. The van der Waals surface area contributed by atoms with Gasteiger partial charge in [-0.2, -0.15) is 4.48 Å². The van der Waals surface area contributed by atoms with Crippen molar-refractivity contribution in [3.63, 3.8) is 0 Å². The van der Waals surface area contributed by atoms with Gasteiger partial charge in [0.05, 0.1) is 10.1 Å². The number of benzene rings is 4. The number of hydrogen-bond donors (Lipinski definition) is 0. The molecule has 0 aliphatic rings. The van der Waals surface area contributed by atoms with E-state index in [1.54, 1.807) is 0 Å². The summed E-state index contributed by atoms with van der Waals surface area (Å²) < 4.78 is 30.1. The monoisotopic (exact) mass is 459 g/mol. The fourth-order valence-corrected chi connectivity index (χ4v) is 4.46. The van der Waals surface area contributed by atoms with Gasteiger partial charge >= 0.3 is 0 Å². The zero-order valence-electron chi connectivity index (χ0n) is 18.7. The lowest BCUT2D eigenvalue weighted by atomic mass is 10.1. The molecule has 4 aromatic carbocycles. The van der Waals surface area contributed by atoms with Crippen molar-refractivity contribution in [3.05, 3.63) is 121 Å². The molecule has 0 aliphatic heterocycles. The van der Waals surface area contributed by atoms with Crippen molar-refractivity contribution >= 4 is 32.9 Å². The summed E-state index contributed by atoms with van der Waals surface area (Å²) in [5.74, 6) is -0.219. The van der Waals surface area contributed by atoms with Crippen molar-refractivity contribution in [2.45, 2.75) is 19.8 Å². The van der Waals surface area contributed by atoms with E-state index in [0.29, 0.717) is 10.9 Å². The van der Waals surface area contributed by atoms with Crippen LogP contribution in [-0.2, 0) is 10.1 Å². The Hall–Kier alpha value is -3.25. The number of rotatable bonds is 7. The highest BCUT2D eigenvalue weighted by atomic mass is 32.2. The minimum absolute atomic E-state index is 0.219. The molecular weight excluding hydrogens is 430 g/mol. The predicted molar refractivity (Wildman–Crippen MR) is 136 cm³/mol. The zero-order chi connectivity index (χ0) is 23.6. The number of hydrogen-bond acceptors (Lipinski definition) is 3. The van der Waals surface area contributed by atoms with Crippen LogP contribution in [0.15, 0.2) is 121 Å². The minimum Gasteiger partial charge on any atom is -0.748 e. The molecule has 4 rings (SSSR count). The highest BCUT2D eigenvalue weighted by Crippen LogP contribution is 2.50. The van der Waals surface area contributed by atoms with Crippen LogP contribution >= 0.6 is 0 Å². The fourth-order valence-electron chi connectivity index (χ4n) is 3.82. The van der Waals surface area contributed by atoms with Crippen molar-refractivity contribution in [2.75, 3.05) is 5.75 Å². The summed E-state index contributed by atoms with van der Waals surface area (Å²) in [5.41, 5.74) is 4.86. The lowest BCUT2D eigenvalue weighted by Gasteiger charge is -2.37. The summed E-state index contributed by atoms with van der Waals surface area (Å²) >= 11 is 0. The second-order valence-electron chi connectivity index (χ2n) is 7.63. The molecular formula is C28H29NO3S. The molecule has 0 spiro atoms. The molecule has 4 aromatic rings. The highest BCUT2D eigenvalue weighted by Gasteiger charge is 2.38. The first-order chi connectivity index (χ1) is 16.0. The molecule has 0 fully saturated rings. The molecule has 0 saturated heterocycles. The quantitative estimate of drug-likeness (QED) is 0.215. The van der Waals surface area contributed by atoms with Gasteiger partial charge in [-0.15, -0.1) is 0 Å². The molecule has 0 atom stereocenters. The van der Waals surface area contributed by atoms with Gasteiger partial charge in [0.2, 0.25) is 0 Å². The van der Waals surface area contributed by atoms with E-state index in [-0.39, 0.29) is 5.75 Å². The standard InChI is InChI=1S/C24H20N.C4H10O3S/c1-5-13-21(14-6-1)25(22-15-7-2-8-16-22,23-17-9-3-10-18-23)24-19-11-4-12-20-24;1-2-3-4-8(5,6)7/h1-20H;2-4H2,1H3,(H,5,6,7)/q+1;/p-1. The molecule has 4 nitrogen and oxygen atoms in total. The Morgan fingerprint density at radius 1 is 0.576 bits per heavy atom. The Labute approximate surface area is 197 Å². The van der Waals surface area contributed by atoms with Crippen LogP contribution in [0.4, 0.5) is 22.7 Å². The molecule has 33 heavy (non-hydrogen) atoms. The Morgan fingerprint density at radius 2 is 0.848 bits per heavy atom. The van der Waals surface area contributed by atoms with Crippen LogP contribution in [0.3, 0.4) is 0 Å². The zero-order valence-corrected chi connectivity index (χ0v) is 19.6. The molecule has 170 valence electrons. The Balaban J connectivity index is 0.000000331. The van der Waals surface area contributed by atoms with E-state index in [1.807, 2.05) is 6.92 Å².